The highest BCUT2D eigenvalue weighted by molar-refractivity contribution is 9.10. The quantitative estimate of drug-likeness (QED) is 0.215. The van der Waals surface area contributed by atoms with Crippen molar-refractivity contribution in [1.82, 2.24) is 9.66 Å². The highest BCUT2D eigenvalue weighted by Gasteiger charge is 2.13. The van der Waals surface area contributed by atoms with Crippen molar-refractivity contribution in [1.29, 1.82) is 0 Å². The lowest BCUT2D eigenvalue weighted by atomic mass is 10.2. The van der Waals surface area contributed by atoms with Crippen molar-refractivity contribution in [2.45, 2.75) is 26.4 Å². The smallest absolute Gasteiger partial charge is 0.282 e. The maximum atomic E-state index is 13.3. The molecule has 0 saturated carbocycles. The number of ether oxygens (including phenoxy) is 2. The van der Waals surface area contributed by atoms with E-state index in [1.54, 1.807) is 37.6 Å². The average molecular weight is 575 g/mol. The van der Waals surface area contributed by atoms with Gasteiger partial charge in [0, 0.05) is 32.1 Å². The minimum Gasteiger partial charge on any atom is -0.493 e. The maximum absolute atomic E-state index is 13.3. The van der Waals surface area contributed by atoms with E-state index in [0.29, 0.717) is 50.3 Å². The highest BCUT2D eigenvalue weighted by Crippen LogP contribution is 2.32. The van der Waals surface area contributed by atoms with Crippen LogP contribution in [0.4, 0.5) is 0 Å². The molecule has 0 bridgehead atoms. The molecule has 0 aliphatic heterocycles. The molecule has 0 unspecified atom stereocenters. The van der Waals surface area contributed by atoms with Gasteiger partial charge in [-0.2, -0.15) is 9.78 Å². The van der Waals surface area contributed by atoms with Crippen LogP contribution in [0.25, 0.3) is 10.9 Å². The minimum absolute atomic E-state index is 0.198. The van der Waals surface area contributed by atoms with E-state index in [2.05, 4.69) is 26.0 Å². The SMILES string of the molecule is CCCc1nc2ccc(Br)cc2c(=O)n1N=Cc1cccc(OC)c1OCc1ccc(Cl)cc1Cl. The zero-order valence-electron chi connectivity index (χ0n) is 19.1. The molecule has 180 valence electrons. The number of hydrogen-bond donors (Lipinski definition) is 0. The third kappa shape index (κ3) is 5.69. The van der Waals surface area contributed by atoms with Crippen LogP contribution in [-0.2, 0) is 13.0 Å². The Hall–Kier alpha value is -2.87. The summed E-state index contributed by atoms with van der Waals surface area (Å²) < 4.78 is 13.7. The first kappa shape index (κ1) is 25.2. The van der Waals surface area contributed by atoms with Gasteiger partial charge in [0.2, 0.25) is 0 Å². The first-order chi connectivity index (χ1) is 16.9. The Labute approximate surface area is 221 Å². The Balaban J connectivity index is 1.74. The molecule has 0 aliphatic rings. The lowest BCUT2D eigenvalue weighted by molar-refractivity contribution is 0.284. The molecular weight excluding hydrogens is 553 g/mol. The zero-order chi connectivity index (χ0) is 24.9. The number of benzene rings is 3. The van der Waals surface area contributed by atoms with Gasteiger partial charge in [-0.1, -0.05) is 58.2 Å². The molecule has 35 heavy (non-hydrogen) atoms. The van der Waals surface area contributed by atoms with E-state index in [4.69, 9.17) is 32.7 Å². The van der Waals surface area contributed by atoms with Crippen molar-refractivity contribution in [3.63, 3.8) is 0 Å². The standard InChI is InChI=1S/C26H22BrCl2N3O3/c1-3-5-24-31-22-11-9-18(27)12-20(22)26(33)32(24)30-14-16-6-4-7-23(34-2)25(16)35-15-17-8-10-19(28)13-21(17)29/h4,6-14H,3,5,15H2,1-2H3. The van der Waals surface area contributed by atoms with Crippen molar-refractivity contribution >= 4 is 56.2 Å². The minimum atomic E-state index is -0.241. The molecule has 1 heterocycles. The van der Waals surface area contributed by atoms with Crippen LogP contribution >= 0.6 is 39.1 Å². The molecule has 0 atom stereocenters. The van der Waals surface area contributed by atoms with Gasteiger partial charge in [-0.05, 0) is 48.9 Å². The van der Waals surface area contributed by atoms with E-state index >= 15 is 0 Å². The van der Waals surface area contributed by atoms with Gasteiger partial charge in [0.25, 0.3) is 5.56 Å². The van der Waals surface area contributed by atoms with Crippen molar-refractivity contribution in [2.75, 3.05) is 7.11 Å². The molecule has 0 spiro atoms. The summed E-state index contributed by atoms with van der Waals surface area (Å²) in [5, 5.41) is 6.05. The summed E-state index contributed by atoms with van der Waals surface area (Å²) in [6, 6.07) is 16.1. The van der Waals surface area contributed by atoms with Gasteiger partial charge in [0.15, 0.2) is 11.5 Å². The van der Waals surface area contributed by atoms with E-state index < -0.39 is 0 Å². The molecule has 1 aromatic heterocycles. The van der Waals surface area contributed by atoms with E-state index in [1.165, 1.54) is 4.68 Å². The number of rotatable bonds is 8. The van der Waals surface area contributed by atoms with Crippen LogP contribution in [0.2, 0.25) is 10.0 Å². The average Bonchev–Trinajstić information content (AvgIpc) is 2.84. The molecule has 0 radical (unpaired) electrons. The second-order valence-corrected chi connectivity index (χ2v) is 9.46. The Morgan fingerprint density at radius 2 is 1.97 bits per heavy atom. The predicted molar refractivity (Wildman–Crippen MR) is 144 cm³/mol. The third-order valence-corrected chi connectivity index (χ3v) is 6.36. The molecule has 9 heteroatoms. The highest BCUT2D eigenvalue weighted by atomic mass is 79.9. The molecule has 4 aromatic rings. The monoisotopic (exact) mass is 573 g/mol. The topological polar surface area (TPSA) is 65.7 Å². The number of aromatic nitrogens is 2. The molecule has 0 N–H and O–H groups in total. The van der Waals surface area contributed by atoms with Crippen molar-refractivity contribution in [3.05, 3.63) is 96.4 Å². The molecule has 6 nitrogen and oxygen atoms in total. The van der Waals surface area contributed by atoms with Crippen LogP contribution in [0, 0.1) is 0 Å². The molecule has 3 aromatic carbocycles. The van der Waals surface area contributed by atoms with E-state index in [-0.39, 0.29) is 12.2 Å². The summed E-state index contributed by atoms with van der Waals surface area (Å²) in [4.78, 5) is 18.0. The Bertz CT molecular complexity index is 1470. The summed E-state index contributed by atoms with van der Waals surface area (Å²) in [6.07, 6.45) is 3.00. The second kappa shape index (κ2) is 11.2. The molecule has 0 amide bonds. The van der Waals surface area contributed by atoms with Crippen LogP contribution in [0.1, 0.15) is 30.3 Å². The summed E-state index contributed by atoms with van der Waals surface area (Å²) in [6.45, 7) is 2.23. The van der Waals surface area contributed by atoms with Gasteiger partial charge in [-0.25, -0.2) is 4.98 Å². The summed E-state index contributed by atoms with van der Waals surface area (Å²) in [7, 11) is 1.56. The zero-order valence-corrected chi connectivity index (χ0v) is 22.2. The second-order valence-electron chi connectivity index (χ2n) is 7.70. The van der Waals surface area contributed by atoms with Crippen LogP contribution < -0.4 is 15.0 Å². The van der Waals surface area contributed by atoms with Gasteiger partial charge in [-0.15, -0.1) is 0 Å². The number of para-hydroxylation sites is 1. The fourth-order valence-electron chi connectivity index (χ4n) is 3.56. The number of methoxy groups -OCH3 is 1. The first-order valence-electron chi connectivity index (χ1n) is 10.9. The van der Waals surface area contributed by atoms with Crippen molar-refractivity contribution in [3.8, 4) is 11.5 Å². The number of nitrogens with zero attached hydrogens (tertiary/aromatic N) is 3. The maximum Gasteiger partial charge on any atom is 0.282 e. The van der Waals surface area contributed by atoms with Crippen LogP contribution in [0.15, 0.2) is 69.0 Å². The van der Waals surface area contributed by atoms with Crippen LogP contribution in [0.5, 0.6) is 11.5 Å². The Kier molecular flexibility index (Phi) is 8.11. The Morgan fingerprint density at radius 3 is 2.71 bits per heavy atom. The number of hydrogen-bond acceptors (Lipinski definition) is 5. The molecule has 4 rings (SSSR count). The molecule has 0 saturated heterocycles. The van der Waals surface area contributed by atoms with Gasteiger partial charge in [-0.3, -0.25) is 4.79 Å². The largest absolute Gasteiger partial charge is 0.493 e. The first-order valence-corrected chi connectivity index (χ1v) is 12.5. The fourth-order valence-corrected chi connectivity index (χ4v) is 4.38. The van der Waals surface area contributed by atoms with Gasteiger partial charge in [0.05, 0.1) is 24.2 Å². The number of aryl methyl sites for hydroxylation is 1. The van der Waals surface area contributed by atoms with Gasteiger partial charge >= 0.3 is 0 Å². The van der Waals surface area contributed by atoms with Crippen LogP contribution in [-0.4, -0.2) is 23.0 Å². The third-order valence-electron chi connectivity index (χ3n) is 5.28. The normalized spacial score (nSPS) is 11.3. The van der Waals surface area contributed by atoms with E-state index in [1.807, 2.05) is 37.3 Å². The van der Waals surface area contributed by atoms with Crippen LogP contribution in [0.3, 0.4) is 0 Å². The lowest BCUT2D eigenvalue weighted by Gasteiger charge is -2.14. The van der Waals surface area contributed by atoms with Crippen molar-refractivity contribution < 1.29 is 9.47 Å². The number of halogens is 3. The number of fused-ring (bicyclic) bond motifs is 1. The van der Waals surface area contributed by atoms with Gasteiger partial charge < -0.3 is 9.47 Å². The van der Waals surface area contributed by atoms with Gasteiger partial charge in [0.1, 0.15) is 12.4 Å². The molecular formula is C26H22BrCl2N3O3. The molecule has 0 fully saturated rings. The summed E-state index contributed by atoms with van der Waals surface area (Å²) in [5.74, 6) is 1.59. The van der Waals surface area contributed by atoms with Crippen molar-refractivity contribution in [2.24, 2.45) is 5.10 Å². The predicted octanol–water partition coefficient (Wildman–Crippen LogP) is 6.89. The Morgan fingerprint density at radius 1 is 1.14 bits per heavy atom. The molecule has 0 aliphatic carbocycles. The lowest BCUT2D eigenvalue weighted by Crippen LogP contribution is -2.22. The fraction of sp³-hybridized carbons (Fsp3) is 0.192. The summed E-state index contributed by atoms with van der Waals surface area (Å²) >= 11 is 15.7. The van der Waals surface area contributed by atoms with E-state index in [9.17, 15) is 4.79 Å². The summed E-state index contributed by atoms with van der Waals surface area (Å²) in [5.41, 5.74) is 1.81. The van der Waals surface area contributed by atoms with E-state index in [0.717, 1.165) is 16.5 Å².